The molecule has 2 aromatic carbocycles. The van der Waals surface area contributed by atoms with Crippen molar-refractivity contribution in [3.63, 3.8) is 0 Å². The van der Waals surface area contributed by atoms with Crippen LogP contribution in [0.5, 0.6) is 0 Å². The average Bonchev–Trinajstić information content (AvgIpc) is 2.30. The van der Waals surface area contributed by atoms with Crippen LogP contribution < -0.4 is 6.25 Å². The Morgan fingerprint density at radius 1 is 0.643 bits per heavy atom. The summed E-state index contributed by atoms with van der Waals surface area (Å²) >= 11 is -1.92. The predicted octanol–water partition coefficient (Wildman–Crippen LogP) is 1.31. The van der Waals surface area contributed by atoms with Crippen molar-refractivity contribution in [3.8, 4) is 0 Å². The second kappa shape index (κ2) is 4.64. The van der Waals surface area contributed by atoms with Crippen molar-refractivity contribution >= 4 is 32.5 Å². The van der Waals surface area contributed by atoms with Crippen molar-refractivity contribution in [2.45, 2.75) is 0 Å². The molecule has 0 nitrogen and oxygen atoms in total. The van der Waals surface area contributed by atoms with Crippen LogP contribution in [0.1, 0.15) is 0 Å². The molecule has 0 unspecified atom stereocenters. The van der Waals surface area contributed by atoms with E-state index in [4.69, 9.17) is 0 Å². The van der Waals surface area contributed by atoms with Crippen molar-refractivity contribution in [1.82, 2.24) is 0 Å². The van der Waals surface area contributed by atoms with Crippen molar-refractivity contribution in [2.24, 2.45) is 0 Å². The monoisotopic (exact) mass is 376 g/mol. The van der Waals surface area contributed by atoms with Crippen LogP contribution in [0.25, 0.3) is 0 Å². The molecule has 0 aliphatic carbocycles. The summed E-state index contributed by atoms with van der Waals surface area (Å²) < 4.78 is 7.34. The van der Waals surface area contributed by atoms with Crippen molar-refractivity contribution in [1.29, 1.82) is 0 Å². The third kappa shape index (κ3) is 2.18. The third-order valence-corrected chi connectivity index (χ3v) is 10.3. The van der Waals surface area contributed by atoms with Gasteiger partial charge < -0.3 is 0 Å². The van der Waals surface area contributed by atoms with E-state index >= 15 is 0 Å². The van der Waals surface area contributed by atoms with Crippen LogP contribution in [0.2, 0.25) is 0 Å². The Morgan fingerprint density at radius 3 is 1.36 bits per heavy atom. The van der Waals surface area contributed by atoms with Crippen LogP contribution in [0.4, 0.5) is 0 Å². The molecule has 1 heteroatoms. The number of hydrogen-bond acceptors (Lipinski definition) is 0. The van der Waals surface area contributed by atoms with E-state index in [-0.39, 0.29) is 0 Å². The maximum absolute atomic E-state index is 4.39. The third-order valence-electron chi connectivity index (χ3n) is 2.24. The Morgan fingerprint density at radius 2 is 1.00 bits per heavy atom. The summed E-state index contributed by atoms with van der Waals surface area (Å²) in [4.78, 5) is 0. The van der Waals surface area contributed by atoms with Crippen molar-refractivity contribution < 1.29 is 0 Å². The second-order valence-corrected chi connectivity index (χ2v) is 11.4. The van der Waals surface area contributed by atoms with Crippen LogP contribution >= 0.6 is 0 Å². The Labute approximate surface area is 92.8 Å². The minimum absolute atomic E-state index is 1.48. The summed E-state index contributed by atoms with van der Waals surface area (Å²) in [5, 5.41) is 0. The van der Waals surface area contributed by atoms with Gasteiger partial charge in [0.15, 0.2) is 0 Å². The molecule has 68 valence electrons. The Hall–Kier alpha value is -0.768. The molecule has 0 amide bonds. The van der Waals surface area contributed by atoms with E-state index in [0.29, 0.717) is 0 Å². The molecule has 0 atom stereocenters. The molecule has 0 bridgehead atoms. The van der Waals surface area contributed by atoms with Gasteiger partial charge in [0.1, 0.15) is 0 Å². The summed E-state index contributed by atoms with van der Waals surface area (Å²) in [5.41, 5.74) is 0. The van der Waals surface area contributed by atoms with Gasteiger partial charge in [-0.05, 0) is 0 Å². The van der Waals surface area contributed by atoms with E-state index in [1.807, 2.05) is 0 Å². The molecule has 0 radical (unpaired) electrons. The van der Waals surface area contributed by atoms with Gasteiger partial charge in [0, 0.05) is 0 Å². The Bertz CT molecular complexity index is 376. The van der Waals surface area contributed by atoms with Crippen LogP contribution in [0, 0.1) is 0 Å². The molecule has 0 saturated heterocycles. The number of benzene rings is 2. The number of hydrogen-bond donors (Lipinski definition) is 0. The number of rotatable bonds is 2. The molecular weight excluding hydrogens is 363 g/mol. The van der Waals surface area contributed by atoms with E-state index in [9.17, 15) is 0 Å². The molecule has 0 saturated carbocycles. The SMILES string of the molecule is [CH2]=[Pb]([c]1ccccc1)[c]1ccccc1. The first-order valence-electron chi connectivity index (χ1n) is 4.67. The van der Waals surface area contributed by atoms with E-state index in [2.05, 4.69) is 64.7 Å². The zero-order valence-corrected chi connectivity index (χ0v) is 11.9. The van der Waals surface area contributed by atoms with Gasteiger partial charge in [0.05, 0.1) is 0 Å². The molecule has 0 spiro atoms. The average molecular weight is 375 g/mol. The molecular formula is C13H12Pb. The summed E-state index contributed by atoms with van der Waals surface area (Å²) in [6.07, 6.45) is 0. The Kier molecular flexibility index (Phi) is 3.24. The van der Waals surface area contributed by atoms with Gasteiger partial charge in [-0.15, -0.1) is 0 Å². The first kappa shape index (κ1) is 9.77. The standard InChI is InChI=1S/2C6H5.CH2.Pb/c2*1-2-4-6-5-3-1;;/h2*1-5H;1H2;. The molecule has 0 heterocycles. The molecule has 0 fully saturated rings. The van der Waals surface area contributed by atoms with Gasteiger partial charge in [0.25, 0.3) is 0 Å². The summed E-state index contributed by atoms with van der Waals surface area (Å²) in [7, 11) is 0. The molecule has 2 rings (SSSR count). The summed E-state index contributed by atoms with van der Waals surface area (Å²) in [6, 6.07) is 21.4. The zero-order chi connectivity index (χ0) is 9.80. The summed E-state index contributed by atoms with van der Waals surface area (Å²) in [6.45, 7) is 0. The first-order chi connectivity index (χ1) is 6.88. The van der Waals surface area contributed by atoms with Crippen LogP contribution in [0.15, 0.2) is 60.7 Å². The van der Waals surface area contributed by atoms with E-state index in [0.717, 1.165) is 0 Å². The van der Waals surface area contributed by atoms with Gasteiger partial charge in [0.2, 0.25) is 0 Å². The summed E-state index contributed by atoms with van der Waals surface area (Å²) in [5.74, 6) is 0. The van der Waals surface area contributed by atoms with Gasteiger partial charge in [-0.3, -0.25) is 0 Å². The van der Waals surface area contributed by atoms with Gasteiger partial charge in [-0.2, -0.15) is 0 Å². The van der Waals surface area contributed by atoms with Crippen LogP contribution in [-0.2, 0) is 0 Å². The van der Waals surface area contributed by atoms with E-state index < -0.39 is 22.2 Å². The molecule has 0 aromatic heterocycles. The normalized spacial score (nSPS) is 9.71. The fourth-order valence-electron chi connectivity index (χ4n) is 1.45. The molecule has 2 aromatic rings. The van der Waals surface area contributed by atoms with Gasteiger partial charge >= 0.3 is 93.2 Å². The maximum atomic E-state index is 4.39. The zero-order valence-electron chi connectivity index (χ0n) is 7.98. The van der Waals surface area contributed by atoms with Crippen LogP contribution in [-0.4, -0.2) is 26.3 Å². The fraction of sp³-hybridized carbons (Fsp3) is 0. The minimum atomic E-state index is -1.92. The molecule has 14 heavy (non-hydrogen) atoms. The topological polar surface area (TPSA) is 0 Å². The van der Waals surface area contributed by atoms with Crippen molar-refractivity contribution in [3.05, 3.63) is 60.7 Å². The van der Waals surface area contributed by atoms with Crippen molar-refractivity contribution in [2.75, 3.05) is 0 Å². The molecule has 0 aliphatic heterocycles. The Balaban J connectivity index is 2.35. The van der Waals surface area contributed by atoms with Crippen LogP contribution in [0.3, 0.4) is 0 Å². The molecule has 0 N–H and O–H groups in total. The molecule has 0 aliphatic rings. The second-order valence-electron chi connectivity index (χ2n) is 3.21. The first-order valence-corrected chi connectivity index (χ1v) is 11.3. The quantitative estimate of drug-likeness (QED) is 0.695. The van der Waals surface area contributed by atoms with Gasteiger partial charge in [-0.25, -0.2) is 0 Å². The van der Waals surface area contributed by atoms with E-state index in [1.54, 1.807) is 0 Å². The predicted molar refractivity (Wildman–Crippen MR) is 65.0 cm³/mol. The fourth-order valence-corrected chi connectivity index (χ4v) is 7.37. The van der Waals surface area contributed by atoms with Gasteiger partial charge in [-0.1, -0.05) is 0 Å². The van der Waals surface area contributed by atoms with E-state index in [1.165, 1.54) is 6.25 Å².